The Morgan fingerprint density at radius 1 is 1.17 bits per heavy atom. The van der Waals surface area contributed by atoms with Crippen LogP contribution in [0.1, 0.15) is 28.4 Å². The summed E-state index contributed by atoms with van der Waals surface area (Å²) in [7, 11) is 1.53. The number of hydrogen-bond acceptors (Lipinski definition) is 3. The second-order valence-electron chi connectivity index (χ2n) is 7.08. The third-order valence-corrected chi connectivity index (χ3v) is 4.51. The zero-order valence-corrected chi connectivity index (χ0v) is 16.9. The van der Waals surface area contributed by atoms with Crippen LogP contribution in [0.15, 0.2) is 54.7 Å². The fourth-order valence-corrected chi connectivity index (χ4v) is 3.11. The number of benzene rings is 2. The fourth-order valence-electron chi connectivity index (χ4n) is 3.11. The number of aliphatic hydroxyl groups is 1. The van der Waals surface area contributed by atoms with Gasteiger partial charge < -0.3 is 26.0 Å². The maximum atomic E-state index is 12.7. The van der Waals surface area contributed by atoms with E-state index in [1.54, 1.807) is 31.2 Å². The molecule has 7 heteroatoms. The van der Waals surface area contributed by atoms with Crippen LogP contribution in [0.3, 0.4) is 0 Å². The van der Waals surface area contributed by atoms with Gasteiger partial charge in [-0.1, -0.05) is 36.1 Å². The smallest absolute Gasteiger partial charge is 0.315 e. The van der Waals surface area contributed by atoms with Crippen LogP contribution in [0.4, 0.5) is 4.79 Å². The summed E-state index contributed by atoms with van der Waals surface area (Å²) >= 11 is 0. The first-order valence-electron chi connectivity index (χ1n) is 9.52. The minimum atomic E-state index is -1.43. The van der Waals surface area contributed by atoms with Crippen LogP contribution in [-0.4, -0.2) is 41.3 Å². The molecule has 7 nitrogen and oxygen atoms in total. The largest absolute Gasteiger partial charge is 0.371 e. The van der Waals surface area contributed by atoms with Crippen molar-refractivity contribution in [2.45, 2.75) is 19.1 Å². The Labute approximate surface area is 174 Å². The maximum absolute atomic E-state index is 12.7. The minimum absolute atomic E-state index is 0.190. The number of para-hydroxylation sites is 1. The fraction of sp³-hybridized carbons (Fsp3) is 0.217. The van der Waals surface area contributed by atoms with Crippen LogP contribution in [0.5, 0.6) is 0 Å². The number of H-pyrrole nitrogens is 1. The number of carbonyl (C=O) groups excluding carboxylic acids is 2. The normalized spacial score (nSPS) is 12.4. The van der Waals surface area contributed by atoms with Crippen molar-refractivity contribution in [2.24, 2.45) is 0 Å². The zero-order valence-electron chi connectivity index (χ0n) is 16.9. The molecule has 3 aromatic rings. The molecule has 5 N–H and O–H groups in total. The van der Waals surface area contributed by atoms with E-state index < -0.39 is 11.6 Å². The molecule has 0 spiro atoms. The Hall–Kier alpha value is -3.76. The highest BCUT2D eigenvalue weighted by molar-refractivity contribution is 5.95. The lowest BCUT2D eigenvalue weighted by Gasteiger charge is -2.24. The van der Waals surface area contributed by atoms with E-state index in [1.807, 2.05) is 30.5 Å². The number of carbonyl (C=O) groups is 2. The van der Waals surface area contributed by atoms with E-state index in [1.165, 1.54) is 7.05 Å². The Bertz CT molecular complexity index is 1120. The predicted octanol–water partition coefficient (Wildman–Crippen LogP) is 2.13. The lowest BCUT2D eigenvalue weighted by molar-refractivity contribution is 0.0236. The Morgan fingerprint density at radius 3 is 2.77 bits per heavy atom. The molecule has 0 aliphatic rings. The second-order valence-corrected chi connectivity index (χ2v) is 7.08. The molecular formula is C23H24N4O3. The van der Waals surface area contributed by atoms with Gasteiger partial charge in [0.2, 0.25) is 0 Å². The van der Waals surface area contributed by atoms with Gasteiger partial charge in [-0.25, -0.2) is 4.79 Å². The average molecular weight is 404 g/mol. The van der Waals surface area contributed by atoms with Crippen LogP contribution in [0, 0.1) is 11.8 Å². The summed E-state index contributed by atoms with van der Waals surface area (Å²) in [5, 5.41) is 19.5. The van der Waals surface area contributed by atoms with E-state index >= 15 is 0 Å². The molecule has 0 unspecified atom stereocenters. The van der Waals surface area contributed by atoms with Gasteiger partial charge in [-0.15, -0.1) is 0 Å². The molecule has 1 atom stereocenters. The van der Waals surface area contributed by atoms with Gasteiger partial charge >= 0.3 is 6.03 Å². The molecule has 3 rings (SSSR count). The van der Waals surface area contributed by atoms with E-state index in [0.29, 0.717) is 11.1 Å². The number of amides is 3. The molecule has 0 aliphatic carbocycles. The highest BCUT2D eigenvalue weighted by Crippen LogP contribution is 2.21. The minimum Gasteiger partial charge on any atom is -0.371 e. The number of nitrogens with one attached hydrogen (secondary N) is 4. The van der Waals surface area contributed by atoms with Crippen molar-refractivity contribution >= 4 is 22.8 Å². The summed E-state index contributed by atoms with van der Waals surface area (Å²) in [4.78, 5) is 27.0. The number of aromatic nitrogens is 1. The monoisotopic (exact) mass is 404 g/mol. The van der Waals surface area contributed by atoms with Gasteiger partial charge in [0.05, 0.1) is 6.54 Å². The molecule has 2 aromatic carbocycles. The van der Waals surface area contributed by atoms with Crippen LogP contribution < -0.4 is 16.0 Å². The van der Waals surface area contributed by atoms with Crippen molar-refractivity contribution in [3.63, 3.8) is 0 Å². The predicted molar refractivity (Wildman–Crippen MR) is 116 cm³/mol. The van der Waals surface area contributed by atoms with E-state index in [2.05, 4.69) is 32.8 Å². The second kappa shape index (κ2) is 9.16. The van der Waals surface area contributed by atoms with Crippen LogP contribution in [0.2, 0.25) is 0 Å². The van der Waals surface area contributed by atoms with Crippen LogP contribution in [0.25, 0.3) is 10.9 Å². The molecule has 30 heavy (non-hydrogen) atoms. The molecule has 0 saturated carbocycles. The topological polar surface area (TPSA) is 106 Å². The maximum Gasteiger partial charge on any atom is 0.315 e. The van der Waals surface area contributed by atoms with Gasteiger partial charge in [-0.05, 0) is 36.8 Å². The highest BCUT2D eigenvalue weighted by Gasteiger charge is 2.25. The molecule has 0 aliphatic heterocycles. The summed E-state index contributed by atoms with van der Waals surface area (Å²) in [6.07, 6.45) is 2.10. The lowest BCUT2D eigenvalue weighted by Crippen LogP contribution is -2.47. The van der Waals surface area contributed by atoms with E-state index in [9.17, 15) is 14.7 Å². The molecular weight excluding hydrogens is 380 g/mol. The van der Waals surface area contributed by atoms with Gasteiger partial charge in [-0.2, -0.15) is 0 Å². The third kappa shape index (κ3) is 5.40. The van der Waals surface area contributed by atoms with Crippen molar-refractivity contribution in [1.82, 2.24) is 20.9 Å². The Morgan fingerprint density at radius 2 is 1.97 bits per heavy atom. The quantitative estimate of drug-likeness (QED) is 0.332. The third-order valence-electron chi connectivity index (χ3n) is 4.51. The molecule has 3 amide bonds. The van der Waals surface area contributed by atoms with Gasteiger partial charge in [0.1, 0.15) is 5.72 Å². The molecule has 154 valence electrons. The van der Waals surface area contributed by atoms with Crippen LogP contribution in [-0.2, 0) is 6.42 Å². The van der Waals surface area contributed by atoms with Crippen molar-refractivity contribution in [3.8, 4) is 11.8 Å². The van der Waals surface area contributed by atoms with Gasteiger partial charge in [-0.3, -0.25) is 4.79 Å². The Kier molecular flexibility index (Phi) is 6.40. The SMILES string of the molecule is CNC(=O)NCC#Cc1cccc(C(=O)N[C@](C)(O)Cc2c[nH]c3ccccc23)c1. The summed E-state index contributed by atoms with van der Waals surface area (Å²) in [5.74, 6) is 5.32. The van der Waals surface area contributed by atoms with Crippen LogP contribution >= 0.6 is 0 Å². The molecule has 0 bridgehead atoms. The Balaban J connectivity index is 1.66. The van der Waals surface area contributed by atoms with Crippen molar-refractivity contribution in [3.05, 3.63) is 71.4 Å². The van der Waals surface area contributed by atoms with E-state index in [-0.39, 0.29) is 19.0 Å². The van der Waals surface area contributed by atoms with E-state index in [0.717, 1.165) is 16.5 Å². The zero-order chi connectivity index (χ0) is 21.6. The first kappa shape index (κ1) is 21.0. The number of hydrogen-bond donors (Lipinski definition) is 5. The number of rotatable bonds is 5. The molecule has 0 radical (unpaired) electrons. The molecule has 1 heterocycles. The first-order chi connectivity index (χ1) is 14.4. The molecule has 1 aromatic heterocycles. The standard InChI is InChI=1S/C23H24N4O3/c1-23(30,14-18-15-26-20-11-4-3-10-19(18)20)27-21(28)17-9-5-7-16(13-17)8-6-12-25-22(29)24-2/h3-5,7,9-11,13,15,26,30H,12,14H2,1-2H3,(H,27,28)(H2,24,25,29)/t23-/m1/s1. The van der Waals surface area contributed by atoms with Crippen molar-refractivity contribution in [1.29, 1.82) is 0 Å². The highest BCUT2D eigenvalue weighted by atomic mass is 16.3. The van der Waals surface area contributed by atoms with Crippen molar-refractivity contribution < 1.29 is 14.7 Å². The van der Waals surface area contributed by atoms with Gasteiger partial charge in [0.25, 0.3) is 5.91 Å². The van der Waals surface area contributed by atoms with Gasteiger partial charge in [0, 0.05) is 41.7 Å². The van der Waals surface area contributed by atoms with Gasteiger partial charge in [0.15, 0.2) is 0 Å². The van der Waals surface area contributed by atoms with Crippen molar-refractivity contribution in [2.75, 3.05) is 13.6 Å². The lowest BCUT2D eigenvalue weighted by atomic mass is 10.0. The first-order valence-corrected chi connectivity index (χ1v) is 9.52. The summed E-state index contributed by atoms with van der Waals surface area (Å²) in [6, 6.07) is 14.3. The van der Waals surface area contributed by atoms with E-state index in [4.69, 9.17) is 0 Å². The molecule has 0 saturated heterocycles. The summed E-state index contributed by atoms with van der Waals surface area (Å²) in [6.45, 7) is 1.76. The number of urea groups is 1. The summed E-state index contributed by atoms with van der Waals surface area (Å²) in [5.41, 5.74) is 1.49. The average Bonchev–Trinajstić information content (AvgIpc) is 3.13. The number of aromatic amines is 1. The molecule has 0 fully saturated rings. The summed E-state index contributed by atoms with van der Waals surface area (Å²) < 4.78 is 0. The number of fused-ring (bicyclic) bond motifs is 1.